The van der Waals surface area contributed by atoms with Crippen molar-refractivity contribution in [1.82, 2.24) is 10.6 Å². The van der Waals surface area contributed by atoms with Crippen LogP contribution in [0.15, 0.2) is 18.2 Å². The summed E-state index contributed by atoms with van der Waals surface area (Å²) < 4.78 is 75.6. The number of carbonyl (C=O) groups is 1. The third-order valence-corrected chi connectivity index (χ3v) is 2.51. The Hall–Kier alpha value is -1.48. The Balaban J connectivity index is 0.00000441. The largest absolute Gasteiger partial charge is 0.416 e. The molecule has 0 bridgehead atoms. The van der Waals surface area contributed by atoms with Gasteiger partial charge in [0.05, 0.1) is 11.1 Å². The summed E-state index contributed by atoms with van der Waals surface area (Å²) in [6.45, 7) is 0.407. The Morgan fingerprint density at radius 3 is 1.77 bits per heavy atom. The molecule has 1 aromatic rings. The molecule has 0 radical (unpaired) electrons. The summed E-state index contributed by atoms with van der Waals surface area (Å²) in [5.74, 6) is -0.998. The first-order valence-corrected chi connectivity index (χ1v) is 5.78. The number of hydrogen-bond acceptors (Lipinski definition) is 2. The molecule has 1 amide bonds. The fraction of sp³-hybridized carbons (Fsp3) is 0.417. The first-order valence-electron chi connectivity index (χ1n) is 5.78. The molecule has 10 heteroatoms. The highest BCUT2D eigenvalue weighted by Gasteiger charge is 2.37. The maximum Gasteiger partial charge on any atom is 0.416 e. The van der Waals surface area contributed by atoms with Crippen LogP contribution < -0.4 is 10.6 Å². The molecule has 0 aliphatic carbocycles. The lowest BCUT2D eigenvalue weighted by Gasteiger charge is -2.14. The van der Waals surface area contributed by atoms with Crippen molar-refractivity contribution in [3.8, 4) is 0 Å². The molecule has 126 valence electrons. The Morgan fingerprint density at radius 2 is 1.41 bits per heavy atom. The Morgan fingerprint density at radius 1 is 0.955 bits per heavy atom. The van der Waals surface area contributed by atoms with Crippen LogP contribution in [0.4, 0.5) is 26.3 Å². The summed E-state index contributed by atoms with van der Waals surface area (Å²) >= 11 is 0. The molecule has 0 aliphatic heterocycles. The summed E-state index contributed by atoms with van der Waals surface area (Å²) in [5.41, 5.74) is -3.72. The lowest BCUT2D eigenvalue weighted by molar-refractivity contribution is -0.143. The zero-order valence-corrected chi connectivity index (χ0v) is 12.0. The molecular weight excluding hydrogens is 338 g/mol. The number of rotatable bonds is 4. The Bertz CT molecular complexity index is 483. The zero-order valence-electron chi connectivity index (χ0n) is 11.2. The van der Waals surface area contributed by atoms with E-state index in [0.717, 1.165) is 0 Å². The molecule has 0 heterocycles. The van der Waals surface area contributed by atoms with Gasteiger partial charge in [-0.2, -0.15) is 26.3 Å². The van der Waals surface area contributed by atoms with Crippen LogP contribution in [0, 0.1) is 0 Å². The minimum absolute atomic E-state index is 0. The third kappa shape index (κ3) is 5.72. The van der Waals surface area contributed by atoms with Crippen LogP contribution in [0.25, 0.3) is 0 Å². The van der Waals surface area contributed by atoms with Gasteiger partial charge in [0, 0.05) is 18.7 Å². The van der Waals surface area contributed by atoms with Crippen LogP contribution >= 0.6 is 12.4 Å². The van der Waals surface area contributed by atoms with E-state index in [1.165, 1.54) is 0 Å². The minimum atomic E-state index is -4.97. The highest BCUT2D eigenvalue weighted by molar-refractivity contribution is 5.94. The topological polar surface area (TPSA) is 41.1 Å². The zero-order chi connectivity index (χ0) is 16.3. The van der Waals surface area contributed by atoms with E-state index in [1.54, 1.807) is 7.05 Å². The van der Waals surface area contributed by atoms with Gasteiger partial charge in [0.15, 0.2) is 0 Å². The number of hydrogen-bond donors (Lipinski definition) is 2. The predicted molar refractivity (Wildman–Crippen MR) is 70.0 cm³/mol. The molecule has 0 aliphatic rings. The van der Waals surface area contributed by atoms with E-state index < -0.39 is 35.0 Å². The summed E-state index contributed by atoms with van der Waals surface area (Å²) in [6, 6.07) is 0.762. The SMILES string of the molecule is CNCCNC(=O)c1cc(C(F)(F)F)cc(C(F)(F)F)c1.Cl. The second-order valence-corrected chi connectivity index (χ2v) is 4.15. The molecule has 3 nitrogen and oxygen atoms in total. The monoisotopic (exact) mass is 350 g/mol. The smallest absolute Gasteiger partial charge is 0.351 e. The van der Waals surface area contributed by atoms with Gasteiger partial charge in [-0.05, 0) is 25.2 Å². The molecule has 0 atom stereocenters. The molecule has 0 aromatic heterocycles. The van der Waals surface area contributed by atoms with Gasteiger partial charge in [-0.25, -0.2) is 0 Å². The lowest BCUT2D eigenvalue weighted by Crippen LogP contribution is -2.30. The van der Waals surface area contributed by atoms with Crippen LogP contribution in [0.1, 0.15) is 21.5 Å². The molecule has 0 fully saturated rings. The van der Waals surface area contributed by atoms with Crippen LogP contribution in [-0.4, -0.2) is 26.0 Å². The number of amides is 1. The summed E-state index contributed by atoms with van der Waals surface area (Å²) in [5, 5.41) is 4.89. The average molecular weight is 351 g/mol. The molecule has 0 unspecified atom stereocenters. The predicted octanol–water partition coefficient (Wildman–Crippen LogP) is 3.10. The maximum atomic E-state index is 12.6. The molecule has 1 aromatic carbocycles. The number of carbonyl (C=O) groups excluding carboxylic acids is 1. The van der Waals surface area contributed by atoms with Gasteiger partial charge in [0.2, 0.25) is 0 Å². The maximum absolute atomic E-state index is 12.6. The molecule has 22 heavy (non-hydrogen) atoms. The van der Waals surface area contributed by atoms with E-state index in [1.807, 2.05) is 0 Å². The normalized spacial score (nSPS) is 11.8. The van der Waals surface area contributed by atoms with Crippen molar-refractivity contribution in [3.05, 3.63) is 34.9 Å². The van der Waals surface area contributed by atoms with Gasteiger partial charge in [-0.3, -0.25) is 4.79 Å². The molecule has 0 saturated carbocycles. The van der Waals surface area contributed by atoms with Gasteiger partial charge >= 0.3 is 12.4 Å². The minimum Gasteiger partial charge on any atom is -0.351 e. The van der Waals surface area contributed by atoms with Gasteiger partial charge in [0.1, 0.15) is 0 Å². The van der Waals surface area contributed by atoms with E-state index in [2.05, 4.69) is 10.6 Å². The van der Waals surface area contributed by atoms with Gasteiger partial charge in [0.25, 0.3) is 5.91 Å². The molecule has 0 saturated heterocycles. The van der Waals surface area contributed by atoms with Crippen molar-refractivity contribution < 1.29 is 31.1 Å². The lowest BCUT2D eigenvalue weighted by atomic mass is 10.0. The van der Waals surface area contributed by atoms with Gasteiger partial charge in [-0.15, -0.1) is 12.4 Å². The van der Waals surface area contributed by atoms with Crippen LogP contribution in [-0.2, 0) is 12.4 Å². The van der Waals surface area contributed by atoms with E-state index in [4.69, 9.17) is 0 Å². The summed E-state index contributed by atoms with van der Waals surface area (Å²) in [4.78, 5) is 11.6. The van der Waals surface area contributed by atoms with E-state index in [9.17, 15) is 31.1 Å². The van der Waals surface area contributed by atoms with Crippen LogP contribution in [0.3, 0.4) is 0 Å². The number of alkyl halides is 6. The fourth-order valence-corrected chi connectivity index (χ4v) is 1.49. The second kappa shape index (κ2) is 7.68. The van der Waals surface area contributed by atoms with Gasteiger partial charge in [-0.1, -0.05) is 0 Å². The van der Waals surface area contributed by atoms with Crippen molar-refractivity contribution in [2.75, 3.05) is 20.1 Å². The average Bonchev–Trinajstić information content (AvgIpc) is 2.36. The van der Waals surface area contributed by atoms with Crippen molar-refractivity contribution >= 4 is 18.3 Å². The van der Waals surface area contributed by atoms with Crippen molar-refractivity contribution in [3.63, 3.8) is 0 Å². The van der Waals surface area contributed by atoms with Crippen molar-refractivity contribution in [1.29, 1.82) is 0 Å². The standard InChI is InChI=1S/C12H12F6N2O.ClH/c1-19-2-3-20-10(21)7-4-8(11(13,14)15)6-9(5-7)12(16,17)18;/h4-6,19H,2-3H2,1H3,(H,20,21);1H. The second-order valence-electron chi connectivity index (χ2n) is 4.15. The number of benzene rings is 1. The summed E-state index contributed by atoms with van der Waals surface area (Å²) in [7, 11) is 1.58. The Kier molecular flexibility index (Phi) is 7.17. The highest BCUT2D eigenvalue weighted by atomic mass is 35.5. The van der Waals surface area contributed by atoms with E-state index in [0.29, 0.717) is 18.7 Å². The first-order chi connectivity index (χ1) is 9.55. The molecular formula is C12H13ClF6N2O. The third-order valence-electron chi connectivity index (χ3n) is 2.51. The highest BCUT2D eigenvalue weighted by Crippen LogP contribution is 2.36. The quantitative estimate of drug-likeness (QED) is 0.647. The van der Waals surface area contributed by atoms with Crippen molar-refractivity contribution in [2.45, 2.75) is 12.4 Å². The molecule has 1 rings (SSSR count). The number of likely N-dealkylation sites (N-methyl/N-ethyl adjacent to an activating group) is 1. The van der Waals surface area contributed by atoms with Gasteiger partial charge < -0.3 is 10.6 Å². The van der Waals surface area contributed by atoms with Crippen molar-refractivity contribution in [2.24, 2.45) is 0 Å². The summed E-state index contributed by atoms with van der Waals surface area (Å²) in [6.07, 6.45) is -9.94. The van der Waals surface area contributed by atoms with E-state index in [-0.39, 0.29) is 25.0 Å². The van der Waals surface area contributed by atoms with Crippen LogP contribution in [0.5, 0.6) is 0 Å². The molecule has 2 N–H and O–H groups in total. The number of nitrogens with one attached hydrogen (secondary N) is 2. The molecule has 0 spiro atoms. The Labute approximate surface area is 128 Å². The number of halogens is 7. The first kappa shape index (κ1) is 20.5. The van der Waals surface area contributed by atoms with Crippen LogP contribution in [0.2, 0.25) is 0 Å². The fourth-order valence-electron chi connectivity index (χ4n) is 1.49. The van der Waals surface area contributed by atoms with E-state index >= 15 is 0 Å².